The molecule has 0 aromatic heterocycles. The lowest BCUT2D eigenvalue weighted by atomic mass is 9.77. The fraction of sp³-hybridized carbons (Fsp3) is 0.684. The molecule has 3 aliphatic rings. The molecule has 3 atom stereocenters. The molecule has 0 unspecified atom stereocenters. The Kier molecular flexibility index (Phi) is 5.50. The van der Waals surface area contributed by atoms with Gasteiger partial charge in [0.05, 0.1) is 6.26 Å². The van der Waals surface area contributed by atoms with E-state index in [0.29, 0.717) is 18.5 Å². The van der Waals surface area contributed by atoms with Crippen molar-refractivity contribution < 1.29 is 8.42 Å². The van der Waals surface area contributed by atoms with Gasteiger partial charge in [-0.05, 0) is 54.7 Å². The summed E-state index contributed by atoms with van der Waals surface area (Å²) in [5.41, 5.74) is 4.33. The number of hydrogen-bond acceptors (Lipinski definition) is 3. The summed E-state index contributed by atoms with van der Waals surface area (Å²) in [5.74, 6) is 0.501. The summed E-state index contributed by atoms with van der Waals surface area (Å²) in [6, 6.07) is 7.51. The molecule has 0 saturated carbocycles. The van der Waals surface area contributed by atoms with Crippen molar-refractivity contribution in [2.75, 3.05) is 25.9 Å². The number of benzene rings is 1. The maximum absolute atomic E-state index is 12.2. The summed E-state index contributed by atoms with van der Waals surface area (Å²) in [5, 5.41) is 0. The van der Waals surface area contributed by atoms with Crippen molar-refractivity contribution >= 4 is 22.4 Å². The van der Waals surface area contributed by atoms with Crippen LogP contribution in [0.3, 0.4) is 0 Å². The number of aryl methyl sites for hydroxylation is 1. The monoisotopic (exact) mass is 384 g/mol. The van der Waals surface area contributed by atoms with Gasteiger partial charge in [0.1, 0.15) is 0 Å². The van der Waals surface area contributed by atoms with E-state index in [9.17, 15) is 8.42 Å². The van der Waals surface area contributed by atoms with E-state index >= 15 is 0 Å². The third kappa shape index (κ3) is 3.48. The highest BCUT2D eigenvalue weighted by atomic mass is 35.5. The first-order valence-electron chi connectivity index (χ1n) is 9.30. The molecule has 3 aliphatic heterocycles. The Morgan fingerprint density at radius 1 is 1.24 bits per heavy atom. The molecule has 0 N–H and O–H groups in total. The van der Waals surface area contributed by atoms with Gasteiger partial charge in [-0.2, -0.15) is 4.31 Å². The minimum atomic E-state index is -3.11. The molecule has 1 aromatic carbocycles. The summed E-state index contributed by atoms with van der Waals surface area (Å²) >= 11 is 0. The van der Waals surface area contributed by atoms with E-state index in [2.05, 4.69) is 30.0 Å². The zero-order valence-corrected chi connectivity index (χ0v) is 16.8. The van der Waals surface area contributed by atoms with Crippen molar-refractivity contribution in [1.82, 2.24) is 9.21 Å². The SMILES string of the molecule is CCc1ccc2c(c1)CCN1C[C@H]3CCCN(S(C)(=O)=O)[C@H]3C[C@@H]21.Cl. The van der Waals surface area contributed by atoms with Crippen LogP contribution in [0.15, 0.2) is 18.2 Å². The van der Waals surface area contributed by atoms with Crippen LogP contribution in [0.2, 0.25) is 0 Å². The molecule has 6 heteroatoms. The molecule has 4 rings (SSSR count). The predicted molar refractivity (Wildman–Crippen MR) is 104 cm³/mol. The molecule has 2 fully saturated rings. The molecule has 0 spiro atoms. The van der Waals surface area contributed by atoms with Crippen LogP contribution in [-0.2, 0) is 22.9 Å². The van der Waals surface area contributed by atoms with Crippen LogP contribution in [0, 0.1) is 5.92 Å². The summed E-state index contributed by atoms with van der Waals surface area (Å²) in [6.07, 6.45) is 6.71. The molecule has 25 heavy (non-hydrogen) atoms. The second-order valence-electron chi connectivity index (χ2n) is 7.73. The van der Waals surface area contributed by atoms with Crippen LogP contribution in [0.5, 0.6) is 0 Å². The first kappa shape index (κ1) is 19.2. The van der Waals surface area contributed by atoms with E-state index in [0.717, 1.165) is 38.8 Å². The van der Waals surface area contributed by atoms with Gasteiger partial charge >= 0.3 is 0 Å². The Morgan fingerprint density at radius 3 is 2.76 bits per heavy atom. The predicted octanol–water partition coefficient (Wildman–Crippen LogP) is 3.01. The van der Waals surface area contributed by atoms with Crippen molar-refractivity contribution in [2.24, 2.45) is 5.92 Å². The molecule has 0 radical (unpaired) electrons. The fourth-order valence-electron chi connectivity index (χ4n) is 5.10. The molecule has 0 bridgehead atoms. The third-order valence-electron chi connectivity index (χ3n) is 6.31. The summed E-state index contributed by atoms with van der Waals surface area (Å²) in [6.45, 7) is 5.08. The van der Waals surface area contributed by atoms with Gasteiger partial charge in [0.15, 0.2) is 0 Å². The first-order valence-corrected chi connectivity index (χ1v) is 11.1. The quantitative estimate of drug-likeness (QED) is 0.786. The number of hydrogen-bond donors (Lipinski definition) is 0. The fourth-order valence-corrected chi connectivity index (χ4v) is 6.31. The minimum Gasteiger partial charge on any atom is -0.296 e. The number of fused-ring (bicyclic) bond motifs is 4. The molecule has 140 valence electrons. The van der Waals surface area contributed by atoms with Crippen molar-refractivity contribution in [3.63, 3.8) is 0 Å². The molecular formula is C19H29ClN2O2S. The Balaban J connectivity index is 0.00000182. The highest BCUT2D eigenvalue weighted by Crippen LogP contribution is 2.43. The lowest BCUT2D eigenvalue weighted by Crippen LogP contribution is -2.57. The Bertz CT molecular complexity index is 737. The maximum atomic E-state index is 12.2. The van der Waals surface area contributed by atoms with E-state index < -0.39 is 10.0 Å². The van der Waals surface area contributed by atoms with Crippen LogP contribution in [0.4, 0.5) is 0 Å². The van der Waals surface area contributed by atoms with Crippen molar-refractivity contribution in [1.29, 1.82) is 0 Å². The Morgan fingerprint density at radius 2 is 2.04 bits per heavy atom. The lowest BCUT2D eigenvalue weighted by molar-refractivity contribution is 0.0222. The number of halogens is 1. The van der Waals surface area contributed by atoms with Gasteiger partial charge in [0, 0.05) is 31.7 Å². The van der Waals surface area contributed by atoms with Crippen molar-refractivity contribution in [3.05, 3.63) is 34.9 Å². The average molecular weight is 385 g/mol. The Labute approximate surface area is 158 Å². The second-order valence-corrected chi connectivity index (χ2v) is 9.66. The summed E-state index contributed by atoms with van der Waals surface area (Å²) < 4.78 is 26.3. The minimum absolute atomic E-state index is 0. The number of nitrogens with zero attached hydrogens (tertiary/aromatic N) is 2. The highest BCUT2D eigenvalue weighted by Gasteiger charge is 2.44. The van der Waals surface area contributed by atoms with E-state index in [1.165, 1.54) is 29.4 Å². The molecule has 3 heterocycles. The van der Waals surface area contributed by atoms with E-state index in [1.54, 1.807) is 4.31 Å². The van der Waals surface area contributed by atoms with Gasteiger partial charge in [-0.25, -0.2) is 8.42 Å². The van der Waals surface area contributed by atoms with Gasteiger partial charge in [-0.1, -0.05) is 25.1 Å². The zero-order chi connectivity index (χ0) is 16.9. The van der Waals surface area contributed by atoms with Crippen molar-refractivity contribution in [2.45, 2.75) is 51.1 Å². The Hall–Kier alpha value is -0.620. The summed E-state index contributed by atoms with van der Waals surface area (Å²) in [7, 11) is -3.11. The van der Waals surface area contributed by atoms with Gasteiger partial charge in [-0.15, -0.1) is 12.4 Å². The largest absolute Gasteiger partial charge is 0.296 e. The molecule has 0 aliphatic carbocycles. The highest BCUT2D eigenvalue weighted by molar-refractivity contribution is 7.88. The number of sulfonamides is 1. The molecule has 4 nitrogen and oxygen atoms in total. The zero-order valence-electron chi connectivity index (χ0n) is 15.1. The van der Waals surface area contributed by atoms with Gasteiger partial charge in [0.2, 0.25) is 10.0 Å². The van der Waals surface area contributed by atoms with Crippen molar-refractivity contribution in [3.8, 4) is 0 Å². The molecule has 1 aromatic rings. The second kappa shape index (κ2) is 7.18. The average Bonchev–Trinajstić information content (AvgIpc) is 2.58. The van der Waals surface area contributed by atoms with Gasteiger partial charge < -0.3 is 0 Å². The topological polar surface area (TPSA) is 40.6 Å². The van der Waals surface area contributed by atoms with Crippen LogP contribution >= 0.6 is 12.4 Å². The molecule has 0 amide bonds. The molecular weight excluding hydrogens is 356 g/mol. The number of piperidine rings is 2. The van der Waals surface area contributed by atoms with E-state index in [-0.39, 0.29) is 18.4 Å². The van der Waals surface area contributed by atoms with Crippen LogP contribution < -0.4 is 0 Å². The van der Waals surface area contributed by atoms with Gasteiger partial charge in [0.25, 0.3) is 0 Å². The third-order valence-corrected chi connectivity index (χ3v) is 7.62. The summed E-state index contributed by atoms with van der Waals surface area (Å²) in [4.78, 5) is 2.61. The standard InChI is InChI=1S/C19H28N2O2S.ClH/c1-3-14-6-7-17-15(11-14)8-10-20-13-16-5-4-9-21(24(2,22)23)18(16)12-19(17)20;/h6-7,11,16,18-19H,3-5,8-10,12-13H2,1-2H3;1H/t16-,18+,19+;/m1./s1. The first-order chi connectivity index (χ1) is 11.5. The smallest absolute Gasteiger partial charge is 0.211 e. The van der Waals surface area contributed by atoms with E-state index in [1.807, 2.05) is 0 Å². The van der Waals surface area contributed by atoms with Crippen LogP contribution in [0.1, 0.15) is 48.9 Å². The normalized spacial score (nSPS) is 29.9. The van der Waals surface area contributed by atoms with Gasteiger partial charge in [-0.3, -0.25) is 4.90 Å². The number of rotatable bonds is 2. The van der Waals surface area contributed by atoms with Crippen LogP contribution in [0.25, 0.3) is 0 Å². The lowest BCUT2D eigenvalue weighted by Gasteiger charge is -2.51. The van der Waals surface area contributed by atoms with Crippen LogP contribution in [-0.4, -0.2) is 49.6 Å². The molecule has 2 saturated heterocycles. The van der Waals surface area contributed by atoms with E-state index in [4.69, 9.17) is 0 Å². The maximum Gasteiger partial charge on any atom is 0.211 e.